The Morgan fingerprint density at radius 3 is 2.88 bits per heavy atom. The number of methoxy groups -OCH3 is 1. The van der Waals surface area contributed by atoms with E-state index < -0.39 is 0 Å². The standard InChI is InChI=1S/C25H35N5O3/c1-18(2)23(26-25(31)20-11-16-33-17-20)24-28-27-22-10-13-29(14-15-30(22)24)12-6-8-19-7-4-5-9-21(19)32-3/h4-9,18,20,23H,10-17H2,1-3H3,(H,26,31)/b8-6+. The summed E-state index contributed by atoms with van der Waals surface area (Å²) in [6, 6.07) is 7.88. The molecule has 2 unspecified atom stereocenters. The predicted octanol–water partition coefficient (Wildman–Crippen LogP) is 2.71. The Hall–Kier alpha value is -2.71. The first-order valence-electron chi connectivity index (χ1n) is 11.9. The molecule has 1 aromatic carbocycles. The van der Waals surface area contributed by atoms with Crippen molar-refractivity contribution in [3.63, 3.8) is 0 Å². The number of aromatic nitrogens is 3. The van der Waals surface area contributed by atoms with Gasteiger partial charge in [0.05, 0.1) is 25.7 Å². The van der Waals surface area contributed by atoms with Gasteiger partial charge in [-0.2, -0.15) is 0 Å². The monoisotopic (exact) mass is 453 g/mol. The van der Waals surface area contributed by atoms with E-state index in [-0.39, 0.29) is 23.8 Å². The zero-order valence-corrected chi connectivity index (χ0v) is 19.9. The molecule has 1 fully saturated rings. The van der Waals surface area contributed by atoms with Crippen LogP contribution in [0.5, 0.6) is 5.75 Å². The average molecular weight is 454 g/mol. The lowest BCUT2D eigenvalue weighted by Gasteiger charge is -2.24. The van der Waals surface area contributed by atoms with Gasteiger partial charge in [0.25, 0.3) is 0 Å². The molecule has 1 saturated heterocycles. The first kappa shape index (κ1) is 23.4. The summed E-state index contributed by atoms with van der Waals surface area (Å²) in [5.74, 6) is 2.94. The smallest absolute Gasteiger partial charge is 0.226 e. The van der Waals surface area contributed by atoms with Crippen LogP contribution in [0.4, 0.5) is 0 Å². The van der Waals surface area contributed by atoms with Crippen molar-refractivity contribution < 1.29 is 14.3 Å². The highest BCUT2D eigenvalue weighted by atomic mass is 16.5. The molecule has 1 N–H and O–H groups in total. The van der Waals surface area contributed by atoms with E-state index in [1.807, 2.05) is 18.2 Å². The first-order chi connectivity index (χ1) is 16.1. The maximum Gasteiger partial charge on any atom is 0.226 e. The van der Waals surface area contributed by atoms with Crippen molar-refractivity contribution in [1.29, 1.82) is 0 Å². The second-order valence-corrected chi connectivity index (χ2v) is 9.11. The number of carbonyl (C=O) groups excluding carboxylic acids is 1. The molecule has 2 aliphatic rings. The number of hydrogen-bond acceptors (Lipinski definition) is 6. The Morgan fingerprint density at radius 2 is 2.12 bits per heavy atom. The summed E-state index contributed by atoms with van der Waals surface area (Å²) in [4.78, 5) is 15.2. The van der Waals surface area contributed by atoms with Crippen LogP contribution in [0.3, 0.4) is 0 Å². The number of amides is 1. The quantitative estimate of drug-likeness (QED) is 0.662. The Bertz CT molecular complexity index is 965. The highest BCUT2D eigenvalue weighted by molar-refractivity contribution is 5.79. The summed E-state index contributed by atoms with van der Waals surface area (Å²) in [6.45, 7) is 8.89. The van der Waals surface area contributed by atoms with E-state index in [0.717, 1.165) is 62.0 Å². The number of rotatable bonds is 8. The normalized spacial score (nSPS) is 20.1. The molecule has 1 amide bonds. The SMILES string of the molecule is COc1ccccc1/C=C/CN1CCc2nnc(C(NC(=O)C3CCOC3)C(C)C)n2CC1. The van der Waals surface area contributed by atoms with E-state index in [4.69, 9.17) is 9.47 Å². The Kier molecular flexibility index (Phi) is 7.77. The number of benzene rings is 1. The van der Waals surface area contributed by atoms with Crippen molar-refractivity contribution in [2.75, 3.05) is 40.0 Å². The molecule has 0 aliphatic carbocycles. The zero-order chi connectivity index (χ0) is 23.2. The van der Waals surface area contributed by atoms with Crippen LogP contribution in [0, 0.1) is 11.8 Å². The second-order valence-electron chi connectivity index (χ2n) is 9.11. The van der Waals surface area contributed by atoms with Crippen LogP contribution in [-0.2, 0) is 22.5 Å². The Morgan fingerprint density at radius 1 is 1.27 bits per heavy atom. The molecule has 178 valence electrons. The molecule has 0 bridgehead atoms. The van der Waals surface area contributed by atoms with Gasteiger partial charge in [0.1, 0.15) is 11.6 Å². The van der Waals surface area contributed by atoms with Crippen LogP contribution in [0.25, 0.3) is 6.08 Å². The molecule has 33 heavy (non-hydrogen) atoms. The number of fused-ring (bicyclic) bond motifs is 1. The summed E-state index contributed by atoms with van der Waals surface area (Å²) >= 11 is 0. The van der Waals surface area contributed by atoms with E-state index >= 15 is 0 Å². The maximum atomic E-state index is 12.8. The highest BCUT2D eigenvalue weighted by Gasteiger charge is 2.31. The van der Waals surface area contributed by atoms with Crippen LogP contribution in [0.2, 0.25) is 0 Å². The molecule has 8 nitrogen and oxygen atoms in total. The van der Waals surface area contributed by atoms with Gasteiger partial charge in [0, 0.05) is 44.8 Å². The molecule has 1 aromatic heterocycles. The molecule has 0 radical (unpaired) electrons. The summed E-state index contributed by atoms with van der Waals surface area (Å²) < 4.78 is 13.0. The minimum atomic E-state index is -0.156. The van der Waals surface area contributed by atoms with Gasteiger partial charge in [0.15, 0.2) is 5.82 Å². The molecule has 2 aliphatic heterocycles. The molecule has 0 spiro atoms. The summed E-state index contributed by atoms with van der Waals surface area (Å²) in [7, 11) is 1.70. The van der Waals surface area contributed by atoms with Gasteiger partial charge >= 0.3 is 0 Å². The lowest BCUT2D eigenvalue weighted by Crippen LogP contribution is -2.38. The number of ether oxygens (including phenoxy) is 2. The van der Waals surface area contributed by atoms with Gasteiger partial charge < -0.3 is 19.4 Å². The van der Waals surface area contributed by atoms with Crippen LogP contribution in [0.15, 0.2) is 30.3 Å². The van der Waals surface area contributed by atoms with Crippen LogP contribution >= 0.6 is 0 Å². The number of hydrogen-bond donors (Lipinski definition) is 1. The van der Waals surface area contributed by atoms with Crippen molar-refractivity contribution in [3.05, 3.63) is 47.6 Å². The van der Waals surface area contributed by atoms with E-state index in [2.05, 4.69) is 57.0 Å². The van der Waals surface area contributed by atoms with Crippen molar-refractivity contribution in [2.24, 2.45) is 11.8 Å². The number of nitrogens with one attached hydrogen (secondary N) is 1. The van der Waals surface area contributed by atoms with E-state index in [1.165, 1.54) is 0 Å². The molecule has 2 atom stereocenters. The van der Waals surface area contributed by atoms with Crippen LogP contribution in [-0.4, -0.2) is 65.5 Å². The van der Waals surface area contributed by atoms with Crippen LogP contribution in [0.1, 0.15) is 43.5 Å². The number of nitrogens with zero attached hydrogens (tertiary/aromatic N) is 4. The lowest BCUT2D eigenvalue weighted by molar-refractivity contribution is -0.126. The van der Waals surface area contributed by atoms with Crippen molar-refractivity contribution in [2.45, 2.75) is 39.3 Å². The fraction of sp³-hybridized carbons (Fsp3) is 0.560. The number of para-hydroxylation sites is 1. The van der Waals surface area contributed by atoms with Gasteiger partial charge in [-0.1, -0.05) is 44.2 Å². The van der Waals surface area contributed by atoms with E-state index in [1.54, 1.807) is 7.11 Å². The van der Waals surface area contributed by atoms with Gasteiger partial charge in [0.2, 0.25) is 5.91 Å². The van der Waals surface area contributed by atoms with Crippen molar-refractivity contribution in [1.82, 2.24) is 25.0 Å². The zero-order valence-electron chi connectivity index (χ0n) is 19.9. The molecule has 3 heterocycles. The van der Waals surface area contributed by atoms with Gasteiger partial charge in [-0.15, -0.1) is 10.2 Å². The summed E-state index contributed by atoms with van der Waals surface area (Å²) in [6.07, 6.45) is 5.93. The predicted molar refractivity (Wildman–Crippen MR) is 127 cm³/mol. The Labute approximate surface area is 196 Å². The largest absolute Gasteiger partial charge is 0.496 e. The third kappa shape index (κ3) is 5.62. The number of carbonyl (C=O) groups is 1. The lowest BCUT2D eigenvalue weighted by atomic mass is 10.0. The second kappa shape index (κ2) is 10.9. The Balaban J connectivity index is 1.40. The molecule has 8 heteroatoms. The molecule has 0 saturated carbocycles. The first-order valence-corrected chi connectivity index (χ1v) is 11.9. The maximum absolute atomic E-state index is 12.8. The van der Waals surface area contributed by atoms with Crippen LogP contribution < -0.4 is 10.1 Å². The topological polar surface area (TPSA) is 81.5 Å². The average Bonchev–Trinajstić information content (AvgIpc) is 3.45. The summed E-state index contributed by atoms with van der Waals surface area (Å²) in [5, 5.41) is 12.2. The molecule has 2 aromatic rings. The molecular formula is C25H35N5O3. The molecular weight excluding hydrogens is 418 g/mol. The fourth-order valence-electron chi connectivity index (χ4n) is 4.48. The third-order valence-corrected chi connectivity index (χ3v) is 6.49. The molecule has 4 rings (SSSR count). The van der Waals surface area contributed by atoms with Gasteiger partial charge in [-0.3, -0.25) is 9.69 Å². The van der Waals surface area contributed by atoms with Crippen molar-refractivity contribution in [3.8, 4) is 5.75 Å². The summed E-state index contributed by atoms with van der Waals surface area (Å²) in [5.41, 5.74) is 1.08. The van der Waals surface area contributed by atoms with E-state index in [9.17, 15) is 4.79 Å². The minimum absolute atomic E-state index is 0.0558. The van der Waals surface area contributed by atoms with Crippen molar-refractivity contribution >= 4 is 12.0 Å². The minimum Gasteiger partial charge on any atom is -0.496 e. The highest BCUT2D eigenvalue weighted by Crippen LogP contribution is 2.24. The van der Waals surface area contributed by atoms with Gasteiger partial charge in [-0.05, 0) is 18.4 Å². The fourth-order valence-corrected chi connectivity index (χ4v) is 4.48. The third-order valence-electron chi connectivity index (χ3n) is 6.49. The van der Waals surface area contributed by atoms with E-state index in [0.29, 0.717) is 13.2 Å². The van der Waals surface area contributed by atoms with Gasteiger partial charge in [-0.25, -0.2) is 0 Å².